The van der Waals surface area contributed by atoms with E-state index < -0.39 is 11.3 Å². The Kier molecular flexibility index (Phi) is 6.49. The van der Waals surface area contributed by atoms with Gasteiger partial charge in [-0.2, -0.15) is 15.8 Å². The van der Waals surface area contributed by atoms with E-state index in [4.69, 9.17) is 26.8 Å². The van der Waals surface area contributed by atoms with Gasteiger partial charge in [0.1, 0.15) is 6.07 Å². The highest BCUT2D eigenvalue weighted by molar-refractivity contribution is 6.32. The zero-order chi connectivity index (χ0) is 22.8. The Morgan fingerprint density at radius 3 is 2.55 bits per heavy atom. The van der Waals surface area contributed by atoms with Gasteiger partial charge in [-0.25, -0.2) is 0 Å². The van der Waals surface area contributed by atoms with Crippen molar-refractivity contribution in [3.8, 4) is 29.7 Å². The minimum Gasteiger partial charge on any atom is -0.490 e. The fraction of sp³-hybridized carbons (Fsp3) is 0.458. The van der Waals surface area contributed by atoms with E-state index in [0.29, 0.717) is 28.7 Å². The van der Waals surface area contributed by atoms with E-state index in [1.165, 1.54) is 0 Å². The third-order valence-corrected chi connectivity index (χ3v) is 6.12. The highest BCUT2D eigenvalue weighted by Crippen LogP contribution is 2.57. The lowest BCUT2D eigenvalue weighted by molar-refractivity contribution is 0.223. The number of hydrogen-bond donors (Lipinski definition) is 1. The maximum Gasteiger partial charge on any atom is 0.191 e. The van der Waals surface area contributed by atoms with Gasteiger partial charge in [0.15, 0.2) is 16.9 Å². The first-order valence-corrected chi connectivity index (χ1v) is 10.8. The Balaban J connectivity index is 2.30. The van der Waals surface area contributed by atoms with Crippen molar-refractivity contribution >= 4 is 11.6 Å². The number of ether oxygens (including phenoxy) is 2. The highest BCUT2D eigenvalue weighted by atomic mass is 35.5. The van der Waals surface area contributed by atoms with Gasteiger partial charge in [0.05, 0.1) is 41.1 Å². The van der Waals surface area contributed by atoms with E-state index in [9.17, 15) is 15.8 Å². The maximum absolute atomic E-state index is 10.2. The molecular formula is C24H25ClN4O2. The molecule has 7 heteroatoms. The molecule has 0 saturated heterocycles. The van der Waals surface area contributed by atoms with Crippen LogP contribution in [0.2, 0.25) is 5.02 Å². The van der Waals surface area contributed by atoms with E-state index in [-0.39, 0.29) is 23.3 Å². The molecule has 0 spiro atoms. The Bertz CT molecular complexity index is 1050. The molecule has 6 nitrogen and oxygen atoms in total. The Morgan fingerprint density at radius 1 is 1.26 bits per heavy atom. The Hall–Kier alpha value is -3.14. The number of nitrogens with two attached hydrogens (primary N) is 1. The second kappa shape index (κ2) is 8.93. The van der Waals surface area contributed by atoms with Crippen LogP contribution in [-0.4, -0.2) is 12.7 Å². The predicted octanol–water partition coefficient (Wildman–Crippen LogP) is 5.12. The summed E-state index contributed by atoms with van der Waals surface area (Å²) in [5.41, 5.74) is 6.40. The Labute approximate surface area is 188 Å². The molecule has 3 rings (SSSR count). The first kappa shape index (κ1) is 22.5. The molecule has 0 heterocycles. The zero-order valence-electron chi connectivity index (χ0n) is 17.9. The molecule has 2 atom stereocenters. The molecule has 2 N–H and O–H groups in total. The quantitative estimate of drug-likeness (QED) is 0.684. The number of benzene rings is 1. The molecule has 0 unspecified atom stereocenters. The Morgan fingerprint density at radius 2 is 1.97 bits per heavy atom. The van der Waals surface area contributed by atoms with Gasteiger partial charge in [-0.3, -0.25) is 0 Å². The lowest BCUT2D eigenvalue weighted by Crippen LogP contribution is -2.42. The summed E-state index contributed by atoms with van der Waals surface area (Å²) in [4.78, 5) is 0. The van der Waals surface area contributed by atoms with Crippen molar-refractivity contribution < 1.29 is 9.47 Å². The van der Waals surface area contributed by atoms with Gasteiger partial charge >= 0.3 is 0 Å². The lowest BCUT2D eigenvalue weighted by atomic mass is 9.57. The summed E-state index contributed by atoms with van der Waals surface area (Å²) >= 11 is 6.60. The molecule has 1 aromatic rings. The van der Waals surface area contributed by atoms with E-state index in [2.05, 4.69) is 18.2 Å². The largest absolute Gasteiger partial charge is 0.490 e. The third kappa shape index (κ3) is 3.71. The van der Waals surface area contributed by atoms with Crippen molar-refractivity contribution in [3.63, 3.8) is 0 Å². The number of nitrogens with zero attached hydrogens (tertiary/aromatic N) is 3. The van der Waals surface area contributed by atoms with Crippen LogP contribution in [0.1, 0.15) is 51.5 Å². The van der Waals surface area contributed by atoms with Crippen molar-refractivity contribution in [1.82, 2.24) is 0 Å². The lowest BCUT2D eigenvalue weighted by Gasteiger charge is -2.43. The first-order valence-electron chi connectivity index (χ1n) is 10.4. The van der Waals surface area contributed by atoms with Crippen LogP contribution in [0.3, 0.4) is 0 Å². The number of halogens is 1. The van der Waals surface area contributed by atoms with Crippen molar-refractivity contribution in [2.75, 3.05) is 6.61 Å². The summed E-state index contributed by atoms with van der Waals surface area (Å²) in [5.74, 6) is 0.102. The monoisotopic (exact) mass is 436 g/mol. The van der Waals surface area contributed by atoms with Crippen LogP contribution in [0, 0.1) is 45.3 Å². The molecule has 0 aliphatic heterocycles. The van der Waals surface area contributed by atoms with Gasteiger partial charge < -0.3 is 15.2 Å². The van der Waals surface area contributed by atoms with Gasteiger partial charge in [-0.15, -0.1) is 0 Å². The summed E-state index contributed by atoms with van der Waals surface area (Å²) in [6.07, 6.45) is 4.36. The number of allylic oxidation sites excluding steroid dienone is 4. The summed E-state index contributed by atoms with van der Waals surface area (Å²) in [5, 5.41) is 30.4. The predicted molar refractivity (Wildman–Crippen MR) is 117 cm³/mol. The molecule has 31 heavy (non-hydrogen) atoms. The number of rotatable bonds is 5. The average molecular weight is 437 g/mol. The molecule has 2 aliphatic carbocycles. The van der Waals surface area contributed by atoms with E-state index in [1.54, 1.807) is 12.1 Å². The van der Waals surface area contributed by atoms with Crippen LogP contribution in [0.25, 0.3) is 0 Å². The second-order valence-corrected chi connectivity index (χ2v) is 8.44. The molecule has 0 fully saturated rings. The molecule has 2 aliphatic rings. The van der Waals surface area contributed by atoms with E-state index in [1.807, 2.05) is 26.8 Å². The SMILES string of the molecule is CCOc1cc([C@H]2[C@@H]3CCCC=C3C(C#N)=C(N)C2(C#N)C#N)cc(Cl)c1OC(C)C. The second-order valence-electron chi connectivity index (χ2n) is 8.04. The average Bonchev–Trinajstić information content (AvgIpc) is 2.75. The number of nitriles is 3. The van der Waals surface area contributed by atoms with Gasteiger partial charge in [-0.1, -0.05) is 17.7 Å². The normalized spacial score (nSPS) is 21.9. The summed E-state index contributed by atoms with van der Waals surface area (Å²) < 4.78 is 11.7. The summed E-state index contributed by atoms with van der Waals surface area (Å²) in [6.45, 7) is 6.05. The van der Waals surface area contributed by atoms with Gasteiger partial charge in [-0.05, 0) is 69.2 Å². The van der Waals surface area contributed by atoms with Gasteiger partial charge in [0.2, 0.25) is 0 Å². The van der Waals surface area contributed by atoms with Gasteiger partial charge in [0.25, 0.3) is 0 Å². The number of hydrogen-bond acceptors (Lipinski definition) is 6. The van der Waals surface area contributed by atoms with Crippen molar-refractivity contribution in [2.45, 2.75) is 52.1 Å². The fourth-order valence-corrected chi connectivity index (χ4v) is 4.89. The third-order valence-electron chi connectivity index (χ3n) is 5.84. The summed E-state index contributed by atoms with van der Waals surface area (Å²) in [7, 11) is 0. The molecular weight excluding hydrogens is 412 g/mol. The minimum absolute atomic E-state index is 0.00555. The zero-order valence-corrected chi connectivity index (χ0v) is 18.7. The van der Waals surface area contributed by atoms with Crippen LogP contribution < -0.4 is 15.2 Å². The minimum atomic E-state index is -1.68. The van der Waals surface area contributed by atoms with Crippen LogP contribution in [0.15, 0.2) is 35.1 Å². The summed E-state index contributed by atoms with van der Waals surface area (Å²) in [6, 6.07) is 9.94. The topological polar surface area (TPSA) is 116 Å². The first-order chi connectivity index (χ1) is 14.8. The fourth-order valence-electron chi connectivity index (χ4n) is 4.63. The van der Waals surface area contributed by atoms with Crippen molar-refractivity contribution in [3.05, 3.63) is 45.6 Å². The molecule has 0 saturated carbocycles. The molecule has 0 radical (unpaired) electrons. The van der Waals surface area contributed by atoms with E-state index in [0.717, 1.165) is 24.8 Å². The molecule has 0 bridgehead atoms. The molecule has 1 aromatic carbocycles. The van der Waals surface area contributed by atoms with Crippen molar-refractivity contribution in [1.29, 1.82) is 15.8 Å². The van der Waals surface area contributed by atoms with Crippen LogP contribution >= 0.6 is 11.6 Å². The van der Waals surface area contributed by atoms with Crippen LogP contribution in [0.5, 0.6) is 11.5 Å². The van der Waals surface area contributed by atoms with Crippen LogP contribution in [-0.2, 0) is 0 Å². The highest BCUT2D eigenvalue weighted by Gasteiger charge is 2.54. The molecule has 0 aromatic heterocycles. The standard InChI is InChI=1S/C24H25ClN4O2/c1-4-30-20-10-15(9-19(25)22(20)31-14(2)3)21-17-8-6-5-7-16(17)18(11-26)23(29)24(21,12-27)13-28/h7,9-10,14,17,21H,4-6,8,29H2,1-3H3/t17-,21+/m1/s1. The van der Waals surface area contributed by atoms with Gasteiger partial charge in [0, 0.05) is 5.92 Å². The molecule has 0 amide bonds. The molecule has 160 valence electrons. The number of fused-ring (bicyclic) bond motifs is 1. The van der Waals surface area contributed by atoms with Crippen LogP contribution in [0.4, 0.5) is 0 Å². The smallest absolute Gasteiger partial charge is 0.191 e. The maximum atomic E-state index is 10.2. The van der Waals surface area contributed by atoms with E-state index >= 15 is 0 Å². The van der Waals surface area contributed by atoms with Crippen molar-refractivity contribution in [2.24, 2.45) is 17.1 Å².